The molecule has 0 spiro atoms. The maximum Gasteiger partial charge on any atom is 0.282 e. The average molecular weight is 398 g/mol. The van der Waals surface area contributed by atoms with Gasteiger partial charge in [0.2, 0.25) is 5.91 Å². The molecule has 0 saturated carbocycles. The predicted octanol–water partition coefficient (Wildman–Crippen LogP) is 4.30. The third-order valence-corrected chi connectivity index (χ3v) is 4.82. The van der Waals surface area contributed by atoms with Gasteiger partial charge in [-0.2, -0.15) is 0 Å². The molecular formula is C19H18N4O4S. The largest absolute Gasteiger partial charge is 0.411 e. The first-order chi connectivity index (χ1) is 13.3. The van der Waals surface area contributed by atoms with Crippen molar-refractivity contribution >= 4 is 29.0 Å². The normalized spacial score (nSPS) is 10.7. The molecule has 3 aromatic rings. The first-order valence-corrected chi connectivity index (χ1v) is 9.41. The van der Waals surface area contributed by atoms with Gasteiger partial charge in [-0.05, 0) is 38.0 Å². The molecule has 3 rings (SSSR count). The van der Waals surface area contributed by atoms with Crippen LogP contribution in [0.25, 0.3) is 11.5 Å². The third kappa shape index (κ3) is 4.37. The zero-order valence-electron chi connectivity index (χ0n) is 15.6. The molecule has 0 unspecified atom stereocenters. The molecule has 1 heterocycles. The van der Waals surface area contributed by atoms with E-state index < -0.39 is 4.92 Å². The lowest BCUT2D eigenvalue weighted by Gasteiger charge is -2.12. The summed E-state index contributed by atoms with van der Waals surface area (Å²) in [5.74, 6) is -0.0865. The van der Waals surface area contributed by atoms with Gasteiger partial charge < -0.3 is 9.73 Å². The van der Waals surface area contributed by atoms with Gasteiger partial charge in [0.1, 0.15) is 5.56 Å². The summed E-state index contributed by atoms with van der Waals surface area (Å²) in [5, 5.41) is 21.9. The van der Waals surface area contributed by atoms with E-state index >= 15 is 0 Å². The molecule has 1 amide bonds. The van der Waals surface area contributed by atoms with Crippen LogP contribution in [0.1, 0.15) is 16.7 Å². The number of nitro benzene ring substituents is 1. The van der Waals surface area contributed by atoms with Crippen molar-refractivity contribution in [1.29, 1.82) is 0 Å². The molecule has 0 fully saturated rings. The molecule has 28 heavy (non-hydrogen) atoms. The molecule has 0 radical (unpaired) electrons. The van der Waals surface area contributed by atoms with Gasteiger partial charge in [0.25, 0.3) is 16.8 Å². The lowest BCUT2D eigenvalue weighted by atomic mass is 10.1. The Morgan fingerprint density at radius 1 is 1.18 bits per heavy atom. The van der Waals surface area contributed by atoms with E-state index in [0.717, 1.165) is 34.1 Å². The smallest absolute Gasteiger partial charge is 0.282 e. The summed E-state index contributed by atoms with van der Waals surface area (Å²) >= 11 is 1.07. The van der Waals surface area contributed by atoms with Crippen LogP contribution in [0, 0.1) is 30.9 Å². The second-order valence-electron chi connectivity index (χ2n) is 6.26. The van der Waals surface area contributed by atoms with E-state index in [2.05, 4.69) is 15.5 Å². The highest BCUT2D eigenvalue weighted by atomic mass is 32.2. The molecule has 2 aromatic carbocycles. The van der Waals surface area contributed by atoms with Crippen molar-refractivity contribution in [3.8, 4) is 11.5 Å². The molecule has 0 aliphatic rings. The first kappa shape index (κ1) is 19.6. The SMILES string of the molecule is Cc1cc(C)c(NC(=O)CSc2nnc(-c3ccccc3[N+](=O)[O-])o2)c(C)c1. The topological polar surface area (TPSA) is 111 Å². The van der Waals surface area contributed by atoms with Crippen molar-refractivity contribution in [1.82, 2.24) is 10.2 Å². The minimum absolute atomic E-state index is 0.0421. The Balaban J connectivity index is 1.67. The van der Waals surface area contributed by atoms with Gasteiger partial charge in [-0.15, -0.1) is 10.2 Å². The van der Waals surface area contributed by atoms with Crippen LogP contribution >= 0.6 is 11.8 Å². The molecule has 8 nitrogen and oxygen atoms in total. The van der Waals surface area contributed by atoms with E-state index in [-0.39, 0.29) is 34.0 Å². The minimum Gasteiger partial charge on any atom is -0.411 e. The number of nitro groups is 1. The summed E-state index contributed by atoms with van der Waals surface area (Å²) in [5.41, 5.74) is 4.03. The molecule has 144 valence electrons. The molecule has 9 heteroatoms. The number of aryl methyl sites for hydroxylation is 3. The van der Waals surface area contributed by atoms with Gasteiger partial charge in [0.05, 0.1) is 10.7 Å². The second-order valence-corrected chi connectivity index (χ2v) is 7.18. The van der Waals surface area contributed by atoms with Crippen LogP contribution in [0.5, 0.6) is 0 Å². The Hall–Kier alpha value is -3.20. The predicted molar refractivity (Wildman–Crippen MR) is 106 cm³/mol. The number of hydrogen-bond acceptors (Lipinski definition) is 7. The van der Waals surface area contributed by atoms with Crippen LogP contribution in [0.3, 0.4) is 0 Å². The van der Waals surface area contributed by atoms with Crippen molar-refractivity contribution in [2.75, 3.05) is 11.1 Å². The van der Waals surface area contributed by atoms with Crippen LogP contribution < -0.4 is 5.32 Å². The van der Waals surface area contributed by atoms with E-state index in [4.69, 9.17) is 4.42 Å². The van der Waals surface area contributed by atoms with Gasteiger partial charge in [-0.1, -0.05) is 41.6 Å². The highest BCUT2D eigenvalue weighted by Gasteiger charge is 2.20. The van der Waals surface area contributed by atoms with Crippen LogP contribution in [0.4, 0.5) is 11.4 Å². The second kappa shape index (κ2) is 8.22. The zero-order valence-corrected chi connectivity index (χ0v) is 16.4. The summed E-state index contributed by atoms with van der Waals surface area (Å²) in [6.07, 6.45) is 0. The fraction of sp³-hybridized carbons (Fsp3) is 0.211. The van der Waals surface area contributed by atoms with Crippen molar-refractivity contribution in [2.45, 2.75) is 26.0 Å². The lowest BCUT2D eigenvalue weighted by Crippen LogP contribution is -2.15. The number of aromatic nitrogens is 2. The Morgan fingerprint density at radius 2 is 1.86 bits per heavy atom. The van der Waals surface area contributed by atoms with Crippen molar-refractivity contribution in [2.24, 2.45) is 0 Å². The maximum atomic E-state index is 12.3. The third-order valence-electron chi connectivity index (χ3n) is 4.01. The molecule has 0 aliphatic carbocycles. The van der Waals surface area contributed by atoms with E-state index in [9.17, 15) is 14.9 Å². The number of benzene rings is 2. The van der Waals surface area contributed by atoms with E-state index in [1.54, 1.807) is 12.1 Å². The Kier molecular flexibility index (Phi) is 5.74. The Labute approximate surface area is 165 Å². The number of nitrogens with one attached hydrogen (secondary N) is 1. The average Bonchev–Trinajstić information content (AvgIpc) is 3.12. The summed E-state index contributed by atoms with van der Waals surface area (Å²) < 4.78 is 5.48. The van der Waals surface area contributed by atoms with Gasteiger partial charge in [0, 0.05) is 11.8 Å². The summed E-state index contributed by atoms with van der Waals surface area (Å²) in [7, 11) is 0. The van der Waals surface area contributed by atoms with Crippen molar-refractivity contribution < 1.29 is 14.1 Å². The fourth-order valence-electron chi connectivity index (χ4n) is 2.87. The zero-order chi connectivity index (χ0) is 20.3. The summed E-state index contributed by atoms with van der Waals surface area (Å²) in [6, 6.07) is 10.1. The molecule has 1 aromatic heterocycles. The Morgan fingerprint density at radius 3 is 2.54 bits per heavy atom. The molecule has 0 atom stereocenters. The quantitative estimate of drug-likeness (QED) is 0.374. The number of thioether (sulfide) groups is 1. The van der Waals surface area contributed by atoms with Gasteiger partial charge in [0.15, 0.2) is 0 Å². The van der Waals surface area contributed by atoms with Gasteiger partial charge in [-0.3, -0.25) is 14.9 Å². The van der Waals surface area contributed by atoms with E-state index in [1.807, 2.05) is 32.9 Å². The number of nitrogens with zero attached hydrogens (tertiary/aromatic N) is 3. The standard InChI is InChI=1S/C19H18N4O4S/c1-11-8-12(2)17(13(3)9-11)20-16(24)10-28-19-22-21-18(27-19)14-6-4-5-7-15(14)23(25)26/h4-9H,10H2,1-3H3,(H,20,24). The van der Waals surface area contributed by atoms with Crippen LogP contribution in [-0.2, 0) is 4.79 Å². The molecular weight excluding hydrogens is 380 g/mol. The minimum atomic E-state index is -0.508. The number of carbonyl (C=O) groups excluding carboxylic acids is 1. The lowest BCUT2D eigenvalue weighted by molar-refractivity contribution is -0.384. The van der Waals surface area contributed by atoms with Crippen LogP contribution in [0.15, 0.2) is 46.0 Å². The van der Waals surface area contributed by atoms with E-state index in [1.165, 1.54) is 12.1 Å². The highest BCUT2D eigenvalue weighted by Crippen LogP contribution is 2.30. The maximum absolute atomic E-state index is 12.3. The van der Waals surface area contributed by atoms with Gasteiger partial charge >= 0.3 is 0 Å². The molecule has 0 saturated heterocycles. The molecule has 1 N–H and O–H groups in total. The monoisotopic (exact) mass is 398 g/mol. The number of para-hydroxylation sites is 1. The molecule has 0 bridgehead atoms. The first-order valence-electron chi connectivity index (χ1n) is 8.43. The molecule has 0 aliphatic heterocycles. The highest BCUT2D eigenvalue weighted by molar-refractivity contribution is 7.99. The number of rotatable bonds is 6. The number of amides is 1. The van der Waals surface area contributed by atoms with Crippen LogP contribution in [0.2, 0.25) is 0 Å². The fourth-order valence-corrected chi connectivity index (χ4v) is 3.43. The van der Waals surface area contributed by atoms with Crippen molar-refractivity contribution in [3.63, 3.8) is 0 Å². The number of carbonyl (C=O) groups is 1. The number of anilines is 1. The van der Waals surface area contributed by atoms with Crippen molar-refractivity contribution in [3.05, 3.63) is 63.2 Å². The van der Waals surface area contributed by atoms with E-state index in [0.29, 0.717) is 0 Å². The van der Waals surface area contributed by atoms with Gasteiger partial charge in [-0.25, -0.2) is 0 Å². The summed E-state index contributed by atoms with van der Waals surface area (Å²) in [6.45, 7) is 5.89. The number of hydrogen-bond donors (Lipinski definition) is 1. The van der Waals surface area contributed by atoms with Crippen LogP contribution in [-0.4, -0.2) is 26.8 Å². The Bertz CT molecular complexity index is 1020. The summed E-state index contributed by atoms with van der Waals surface area (Å²) in [4.78, 5) is 22.9.